The zero-order valence-corrected chi connectivity index (χ0v) is 12.0. The van der Waals surface area contributed by atoms with Crippen LogP contribution in [0.25, 0.3) is 0 Å². The van der Waals surface area contributed by atoms with Crippen LogP contribution in [0, 0.1) is 0 Å². The number of carbonyl (C=O) groups is 2. The van der Waals surface area contributed by atoms with Crippen LogP contribution >= 0.6 is 0 Å². The maximum Gasteiger partial charge on any atom is 0.200 e. The Hall–Kier alpha value is -3.02. The molecule has 0 unspecified atom stereocenters. The highest BCUT2D eigenvalue weighted by Crippen LogP contribution is 2.34. The number of carbonyl (C=O) groups excluding carboxylic acids is 2. The number of aldehydes is 1. The fraction of sp³-hybridized carbons (Fsp3) is 0.125. The fourth-order valence-corrected chi connectivity index (χ4v) is 2.04. The standard InChI is InChI=1S/C16H14O6/c1-21-12-6-4-9(7-13(12)22-2)15(19)14-11(18)5-3-10(8-17)16(14)20/h3-8,18,20H,1-2H3. The van der Waals surface area contributed by atoms with Crippen molar-refractivity contribution in [2.75, 3.05) is 14.2 Å². The second-order valence-electron chi connectivity index (χ2n) is 4.41. The number of phenols is 2. The number of rotatable bonds is 5. The zero-order chi connectivity index (χ0) is 16.3. The first-order valence-electron chi connectivity index (χ1n) is 6.30. The molecule has 6 heteroatoms. The van der Waals surface area contributed by atoms with Crippen molar-refractivity contribution in [3.8, 4) is 23.0 Å². The predicted octanol–water partition coefficient (Wildman–Crippen LogP) is 2.16. The lowest BCUT2D eigenvalue weighted by molar-refractivity contribution is 0.103. The molecule has 0 fully saturated rings. The first kappa shape index (κ1) is 15.4. The molecular weight excluding hydrogens is 288 g/mol. The Morgan fingerprint density at radius 3 is 2.32 bits per heavy atom. The highest BCUT2D eigenvalue weighted by atomic mass is 16.5. The van der Waals surface area contributed by atoms with Gasteiger partial charge in [0.2, 0.25) is 5.78 Å². The molecule has 0 atom stereocenters. The third-order valence-electron chi connectivity index (χ3n) is 3.19. The van der Waals surface area contributed by atoms with Gasteiger partial charge in [-0.3, -0.25) is 9.59 Å². The molecule has 2 aromatic rings. The van der Waals surface area contributed by atoms with Gasteiger partial charge in [0, 0.05) is 5.56 Å². The molecule has 0 radical (unpaired) electrons. The van der Waals surface area contributed by atoms with Crippen LogP contribution in [0.3, 0.4) is 0 Å². The Morgan fingerprint density at radius 2 is 1.73 bits per heavy atom. The normalized spacial score (nSPS) is 10.1. The fourth-order valence-electron chi connectivity index (χ4n) is 2.04. The van der Waals surface area contributed by atoms with Crippen LogP contribution < -0.4 is 9.47 Å². The minimum absolute atomic E-state index is 0.0818. The van der Waals surface area contributed by atoms with Crippen LogP contribution in [0.4, 0.5) is 0 Å². The maximum absolute atomic E-state index is 12.5. The molecule has 0 saturated heterocycles. The number of aromatic hydroxyl groups is 2. The summed E-state index contributed by atoms with van der Waals surface area (Å²) in [5, 5.41) is 19.8. The van der Waals surface area contributed by atoms with Crippen LogP contribution in [-0.4, -0.2) is 36.5 Å². The Kier molecular flexibility index (Phi) is 4.31. The molecular formula is C16H14O6. The molecule has 2 rings (SSSR count). The smallest absolute Gasteiger partial charge is 0.200 e. The van der Waals surface area contributed by atoms with Crippen LogP contribution in [-0.2, 0) is 0 Å². The second kappa shape index (κ2) is 6.17. The summed E-state index contributed by atoms with van der Waals surface area (Å²) < 4.78 is 10.2. The summed E-state index contributed by atoms with van der Waals surface area (Å²) in [5.41, 5.74) is -0.246. The molecule has 0 aliphatic carbocycles. The third-order valence-corrected chi connectivity index (χ3v) is 3.19. The van der Waals surface area contributed by atoms with Crippen molar-refractivity contribution in [2.45, 2.75) is 0 Å². The zero-order valence-electron chi connectivity index (χ0n) is 12.0. The quantitative estimate of drug-likeness (QED) is 0.649. The van der Waals surface area contributed by atoms with E-state index in [-0.39, 0.29) is 16.7 Å². The Balaban J connectivity index is 2.55. The molecule has 2 N–H and O–H groups in total. The number of methoxy groups -OCH3 is 2. The lowest BCUT2D eigenvalue weighted by Crippen LogP contribution is -2.04. The number of ether oxygens (including phenoxy) is 2. The molecule has 0 amide bonds. The first-order chi connectivity index (χ1) is 10.5. The van der Waals surface area contributed by atoms with Crippen LogP contribution in [0.5, 0.6) is 23.0 Å². The van der Waals surface area contributed by atoms with Gasteiger partial charge < -0.3 is 19.7 Å². The van der Waals surface area contributed by atoms with Gasteiger partial charge in [-0.05, 0) is 30.3 Å². The highest BCUT2D eigenvalue weighted by molar-refractivity contribution is 6.13. The summed E-state index contributed by atoms with van der Waals surface area (Å²) in [6.45, 7) is 0. The van der Waals surface area contributed by atoms with Crippen molar-refractivity contribution in [3.05, 3.63) is 47.0 Å². The molecule has 0 aliphatic heterocycles. The average Bonchev–Trinajstić information content (AvgIpc) is 2.54. The number of benzene rings is 2. The van der Waals surface area contributed by atoms with E-state index in [4.69, 9.17) is 9.47 Å². The van der Waals surface area contributed by atoms with Gasteiger partial charge in [0.25, 0.3) is 0 Å². The van der Waals surface area contributed by atoms with E-state index in [1.807, 2.05) is 0 Å². The molecule has 0 aromatic heterocycles. The topological polar surface area (TPSA) is 93.1 Å². The molecule has 2 aromatic carbocycles. The van der Waals surface area contributed by atoms with E-state index < -0.39 is 17.3 Å². The Bertz CT molecular complexity index is 736. The lowest BCUT2D eigenvalue weighted by atomic mass is 9.99. The molecule has 0 saturated carbocycles. The summed E-state index contributed by atoms with van der Waals surface area (Å²) in [6.07, 6.45) is 0.403. The number of ketones is 1. The summed E-state index contributed by atoms with van der Waals surface area (Å²) in [4.78, 5) is 23.3. The van der Waals surface area contributed by atoms with Gasteiger partial charge in [0.15, 0.2) is 17.8 Å². The molecule has 22 heavy (non-hydrogen) atoms. The molecule has 0 bridgehead atoms. The molecule has 0 heterocycles. The minimum Gasteiger partial charge on any atom is -0.507 e. The van der Waals surface area contributed by atoms with Crippen LogP contribution in [0.2, 0.25) is 0 Å². The van der Waals surface area contributed by atoms with Gasteiger partial charge in [-0.15, -0.1) is 0 Å². The largest absolute Gasteiger partial charge is 0.507 e. The second-order valence-corrected chi connectivity index (χ2v) is 4.41. The van der Waals surface area contributed by atoms with E-state index >= 15 is 0 Å². The van der Waals surface area contributed by atoms with Gasteiger partial charge in [-0.1, -0.05) is 0 Å². The minimum atomic E-state index is -0.639. The van der Waals surface area contributed by atoms with Gasteiger partial charge in [-0.25, -0.2) is 0 Å². The number of phenolic OH excluding ortho intramolecular Hbond substituents is 2. The summed E-state index contributed by atoms with van der Waals surface area (Å²) in [5.74, 6) is -0.842. The predicted molar refractivity (Wildman–Crippen MR) is 78.1 cm³/mol. The van der Waals surface area contributed by atoms with Crippen molar-refractivity contribution < 1.29 is 29.3 Å². The van der Waals surface area contributed by atoms with E-state index in [1.165, 1.54) is 44.6 Å². The Labute approximate surface area is 126 Å². The highest BCUT2D eigenvalue weighted by Gasteiger charge is 2.22. The summed E-state index contributed by atoms with van der Waals surface area (Å²) in [7, 11) is 2.89. The van der Waals surface area contributed by atoms with Crippen molar-refractivity contribution in [1.82, 2.24) is 0 Å². The molecule has 114 valence electrons. The van der Waals surface area contributed by atoms with Crippen molar-refractivity contribution in [3.63, 3.8) is 0 Å². The van der Waals surface area contributed by atoms with Crippen molar-refractivity contribution in [2.24, 2.45) is 0 Å². The Morgan fingerprint density at radius 1 is 1.05 bits per heavy atom. The number of hydrogen-bond acceptors (Lipinski definition) is 6. The van der Waals surface area contributed by atoms with Gasteiger partial charge in [0.1, 0.15) is 17.1 Å². The van der Waals surface area contributed by atoms with Gasteiger partial charge in [-0.2, -0.15) is 0 Å². The monoisotopic (exact) mass is 302 g/mol. The average molecular weight is 302 g/mol. The SMILES string of the molecule is COc1ccc(C(=O)c2c(O)ccc(C=O)c2O)cc1OC. The first-order valence-corrected chi connectivity index (χ1v) is 6.30. The third kappa shape index (κ3) is 2.58. The van der Waals surface area contributed by atoms with Crippen molar-refractivity contribution in [1.29, 1.82) is 0 Å². The molecule has 0 aliphatic rings. The summed E-state index contributed by atoms with van der Waals surface area (Å²) in [6, 6.07) is 6.83. The van der Waals surface area contributed by atoms with E-state index in [9.17, 15) is 19.8 Å². The lowest BCUT2D eigenvalue weighted by Gasteiger charge is -2.11. The van der Waals surface area contributed by atoms with E-state index in [2.05, 4.69) is 0 Å². The molecule has 6 nitrogen and oxygen atoms in total. The number of hydrogen-bond donors (Lipinski definition) is 2. The molecule has 0 spiro atoms. The van der Waals surface area contributed by atoms with E-state index in [0.29, 0.717) is 17.8 Å². The summed E-state index contributed by atoms with van der Waals surface area (Å²) >= 11 is 0. The van der Waals surface area contributed by atoms with E-state index in [0.717, 1.165) is 0 Å². The van der Waals surface area contributed by atoms with Crippen LogP contribution in [0.15, 0.2) is 30.3 Å². The maximum atomic E-state index is 12.5. The van der Waals surface area contributed by atoms with Crippen LogP contribution in [0.1, 0.15) is 26.3 Å². The van der Waals surface area contributed by atoms with E-state index in [1.54, 1.807) is 0 Å². The van der Waals surface area contributed by atoms with Gasteiger partial charge >= 0.3 is 0 Å². The van der Waals surface area contributed by atoms with Gasteiger partial charge in [0.05, 0.1) is 19.8 Å². The van der Waals surface area contributed by atoms with Crippen molar-refractivity contribution >= 4 is 12.1 Å².